The van der Waals surface area contributed by atoms with Crippen molar-refractivity contribution in [3.8, 4) is 5.75 Å². The zero-order valence-corrected chi connectivity index (χ0v) is 21.1. The van der Waals surface area contributed by atoms with Crippen LogP contribution in [0.1, 0.15) is 32.2 Å². The van der Waals surface area contributed by atoms with E-state index in [0.717, 1.165) is 15.8 Å². The number of nitrogens with zero attached hydrogens (tertiary/aromatic N) is 1. The van der Waals surface area contributed by atoms with Crippen molar-refractivity contribution in [2.24, 2.45) is 0 Å². The van der Waals surface area contributed by atoms with Crippen LogP contribution in [0.3, 0.4) is 0 Å². The maximum atomic E-state index is 13.9. The molecule has 3 heterocycles. The molecule has 0 aliphatic carbocycles. The predicted molar refractivity (Wildman–Crippen MR) is 146 cm³/mol. The summed E-state index contributed by atoms with van der Waals surface area (Å²) in [5, 5.41) is 5.50. The fraction of sp³-hybridized carbons (Fsp3) is 0.0667. The highest BCUT2D eigenvalue weighted by atomic mass is 32.1. The number of methoxy groups -OCH3 is 1. The normalized spacial score (nSPS) is 11.2. The largest absolute Gasteiger partial charge is 0.497 e. The number of amides is 1. The van der Waals surface area contributed by atoms with Gasteiger partial charge < -0.3 is 19.0 Å². The van der Waals surface area contributed by atoms with Crippen LogP contribution in [0.5, 0.6) is 5.75 Å². The lowest BCUT2D eigenvalue weighted by molar-refractivity contribution is 0.101. The molecule has 0 saturated carbocycles. The third-order valence-electron chi connectivity index (χ3n) is 6.38. The van der Waals surface area contributed by atoms with E-state index in [-0.39, 0.29) is 17.4 Å². The van der Waals surface area contributed by atoms with Crippen LogP contribution in [0.15, 0.2) is 94.7 Å². The molecule has 0 aliphatic heterocycles. The molecule has 0 spiro atoms. The highest BCUT2D eigenvalue weighted by Crippen LogP contribution is 2.34. The molecule has 0 bridgehead atoms. The summed E-state index contributed by atoms with van der Waals surface area (Å²) in [7, 11) is 1.55. The first-order chi connectivity index (χ1) is 18.5. The van der Waals surface area contributed by atoms with Crippen LogP contribution < -0.4 is 10.1 Å². The molecule has 0 saturated heterocycles. The minimum absolute atomic E-state index is 0.0368. The Kier molecular flexibility index (Phi) is 6.01. The Morgan fingerprint density at radius 1 is 1.00 bits per heavy atom. The van der Waals surface area contributed by atoms with Crippen LogP contribution in [0.25, 0.3) is 21.2 Å². The Balaban J connectivity index is 1.40. The van der Waals surface area contributed by atoms with Crippen molar-refractivity contribution in [1.29, 1.82) is 0 Å². The van der Waals surface area contributed by atoms with Gasteiger partial charge in [0.25, 0.3) is 5.91 Å². The number of nitrogens with one attached hydrogen (secondary N) is 1. The summed E-state index contributed by atoms with van der Waals surface area (Å²) in [5.41, 5.74) is 3.17. The lowest BCUT2D eigenvalue weighted by atomic mass is 10.1. The van der Waals surface area contributed by atoms with E-state index in [1.165, 1.54) is 23.5 Å². The van der Waals surface area contributed by atoms with E-state index in [1.54, 1.807) is 55.6 Å². The Labute approximate surface area is 220 Å². The van der Waals surface area contributed by atoms with Gasteiger partial charge >= 0.3 is 0 Å². The van der Waals surface area contributed by atoms with E-state index in [9.17, 15) is 14.0 Å². The van der Waals surface area contributed by atoms with Gasteiger partial charge in [-0.25, -0.2) is 4.39 Å². The highest BCUT2D eigenvalue weighted by Gasteiger charge is 2.25. The smallest absolute Gasteiger partial charge is 0.272 e. The fourth-order valence-electron chi connectivity index (χ4n) is 4.53. The van der Waals surface area contributed by atoms with Crippen LogP contribution in [-0.4, -0.2) is 23.4 Å². The maximum Gasteiger partial charge on any atom is 0.272 e. The summed E-state index contributed by atoms with van der Waals surface area (Å²) in [4.78, 5) is 27.2. The SMILES string of the molecule is COc1ccc(C(=O)c2oc3ccccc3c2NC(=O)c2cc3sccc3n2Cc2cccc(F)c2)cc1. The van der Waals surface area contributed by atoms with Gasteiger partial charge in [0, 0.05) is 17.5 Å². The number of carbonyl (C=O) groups excluding carboxylic acids is 2. The molecule has 1 N–H and O–H groups in total. The van der Waals surface area contributed by atoms with Crippen LogP contribution in [0.2, 0.25) is 0 Å². The fourth-order valence-corrected chi connectivity index (χ4v) is 5.36. The van der Waals surface area contributed by atoms with Gasteiger partial charge in [-0.3, -0.25) is 9.59 Å². The van der Waals surface area contributed by atoms with Gasteiger partial charge in [-0.15, -0.1) is 11.3 Å². The molecule has 3 aromatic heterocycles. The first-order valence-electron chi connectivity index (χ1n) is 11.8. The monoisotopic (exact) mass is 524 g/mol. The molecule has 0 aliphatic rings. The summed E-state index contributed by atoms with van der Waals surface area (Å²) in [6, 6.07) is 23.9. The highest BCUT2D eigenvalue weighted by molar-refractivity contribution is 7.17. The second kappa shape index (κ2) is 9.64. The Morgan fingerprint density at radius 2 is 1.82 bits per heavy atom. The van der Waals surface area contributed by atoms with E-state index in [4.69, 9.17) is 9.15 Å². The Bertz CT molecular complexity index is 1810. The third-order valence-corrected chi connectivity index (χ3v) is 7.23. The van der Waals surface area contributed by atoms with Crippen molar-refractivity contribution >= 4 is 49.9 Å². The zero-order chi connectivity index (χ0) is 26.2. The molecule has 0 atom stereocenters. The summed E-state index contributed by atoms with van der Waals surface area (Å²) in [6.07, 6.45) is 0. The number of ketones is 1. The van der Waals surface area contributed by atoms with Crippen molar-refractivity contribution in [3.63, 3.8) is 0 Å². The number of rotatable bonds is 7. The molecular weight excluding hydrogens is 503 g/mol. The van der Waals surface area contributed by atoms with Crippen molar-refractivity contribution in [2.45, 2.75) is 6.54 Å². The molecule has 0 radical (unpaired) electrons. The number of anilines is 1. The molecule has 1 amide bonds. The average Bonchev–Trinajstić information content (AvgIpc) is 3.63. The maximum absolute atomic E-state index is 13.9. The standard InChI is InChI=1S/C30H21FN2O4S/c1-36-21-11-9-19(10-12-21)28(34)29-27(22-7-2-3-8-25(22)37-29)32-30(35)24-16-26-23(13-14-38-26)33(24)17-18-5-4-6-20(31)15-18/h2-16H,17H2,1H3,(H,32,35). The predicted octanol–water partition coefficient (Wildman–Crippen LogP) is 7.13. The number of aromatic nitrogens is 1. The van der Waals surface area contributed by atoms with Gasteiger partial charge in [0.05, 0.1) is 23.0 Å². The van der Waals surface area contributed by atoms with Crippen molar-refractivity contribution in [2.75, 3.05) is 12.4 Å². The van der Waals surface area contributed by atoms with Gasteiger partial charge in [-0.05, 0) is 71.6 Å². The molecule has 6 rings (SSSR count). The lowest BCUT2D eigenvalue weighted by Gasteiger charge is -2.12. The number of halogens is 1. The minimum atomic E-state index is -0.403. The zero-order valence-electron chi connectivity index (χ0n) is 20.2. The average molecular weight is 525 g/mol. The topological polar surface area (TPSA) is 73.5 Å². The van der Waals surface area contributed by atoms with Gasteiger partial charge in [0.2, 0.25) is 5.78 Å². The van der Waals surface area contributed by atoms with E-state index < -0.39 is 5.91 Å². The van der Waals surface area contributed by atoms with Crippen LogP contribution in [0, 0.1) is 5.82 Å². The second-order valence-electron chi connectivity index (χ2n) is 8.73. The molecule has 38 heavy (non-hydrogen) atoms. The first kappa shape index (κ1) is 23.7. The molecule has 3 aromatic carbocycles. The Hall–Kier alpha value is -4.69. The molecule has 188 valence electrons. The van der Waals surface area contributed by atoms with Gasteiger partial charge in [-0.2, -0.15) is 0 Å². The first-order valence-corrected chi connectivity index (χ1v) is 12.7. The number of benzene rings is 3. The lowest BCUT2D eigenvalue weighted by Crippen LogP contribution is -2.19. The minimum Gasteiger partial charge on any atom is -0.497 e. The number of hydrogen-bond acceptors (Lipinski definition) is 5. The number of fused-ring (bicyclic) bond motifs is 2. The van der Waals surface area contributed by atoms with Crippen molar-refractivity contribution < 1.29 is 23.1 Å². The van der Waals surface area contributed by atoms with Gasteiger partial charge in [0.1, 0.15) is 22.8 Å². The molecule has 8 heteroatoms. The number of ether oxygens (including phenoxy) is 1. The number of para-hydroxylation sites is 1. The Morgan fingerprint density at radius 3 is 2.61 bits per heavy atom. The second-order valence-corrected chi connectivity index (χ2v) is 9.68. The molecule has 0 unspecified atom stereocenters. The van der Waals surface area contributed by atoms with Gasteiger partial charge in [0.15, 0.2) is 5.76 Å². The summed E-state index contributed by atoms with van der Waals surface area (Å²) in [5.74, 6) is -0.447. The number of furan rings is 1. The van der Waals surface area contributed by atoms with E-state index in [0.29, 0.717) is 40.2 Å². The number of thiophene rings is 1. The van der Waals surface area contributed by atoms with Crippen LogP contribution in [0.4, 0.5) is 10.1 Å². The number of carbonyl (C=O) groups is 2. The number of hydrogen-bond donors (Lipinski definition) is 1. The molecule has 6 nitrogen and oxygen atoms in total. The van der Waals surface area contributed by atoms with Crippen LogP contribution >= 0.6 is 11.3 Å². The molecule has 6 aromatic rings. The molecular formula is C30H21FN2O4S. The van der Waals surface area contributed by atoms with Crippen LogP contribution in [-0.2, 0) is 6.54 Å². The van der Waals surface area contributed by atoms with Crippen molar-refractivity contribution in [1.82, 2.24) is 4.57 Å². The quantitative estimate of drug-likeness (QED) is 0.226. The summed E-state index contributed by atoms with van der Waals surface area (Å²) < 4.78 is 27.8. The van der Waals surface area contributed by atoms with Gasteiger partial charge in [-0.1, -0.05) is 24.3 Å². The molecule has 0 fully saturated rings. The van der Waals surface area contributed by atoms with E-state index in [1.807, 2.05) is 34.2 Å². The summed E-state index contributed by atoms with van der Waals surface area (Å²) >= 11 is 1.51. The van der Waals surface area contributed by atoms with E-state index >= 15 is 0 Å². The van der Waals surface area contributed by atoms with Crippen molar-refractivity contribution in [3.05, 3.63) is 119 Å². The summed E-state index contributed by atoms with van der Waals surface area (Å²) in [6.45, 7) is 0.310. The third kappa shape index (κ3) is 4.25. The van der Waals surface area contributed by atoms with E-state index in [2.05, 4.69) is 5.32 Å².